The van der Waals surface area contributed by atoms with Gasteiger partial charge in [-0.1, -0.05) is 43.0 Å². The molecule has 45 heavy (non-hydrogen) atoms. The quantitative estimate of drug-likeness (QED) is 0.115. The van der Waals surface area contributed by atoms with Crippen LogP contribution in [-0.4, -0.2) is 61.0 Å². The molecule has 236 valence electrons. The molecule has 5 unspecified atom stereocenters. The van der Waals surface area contributed by atoms with E-state index in [9.17, 15) is 27.4 Å². The zero-order valence-corrected chi connectivity index (χ0v) is 26.5. The van der Waals surface area contributed by atoms with Crippen molar-refractivity contribution in [3.63, 3.8) is 0 Å². The molecule has 3 aromatic rings. The van der Waals surface area contributed by atoms with Crippen LogP contribution in [0.25, 0.3) is 0 Å². The normalized spacial score (nSPS) is 22.8. The highest BCUT2D eigenvalue weighted by molar-refractivity contribution is 7.97. The first-order chi connectivity index (χ1) is 21.3. The van der Waals surface area contributed by atoms with Crippen LogP contribution in [0.4, 0.5) is 0 Å². The van der Waals surface area contributed by atoms with E-state index in [4.69, 9.17) is 18.9 Å². The van der Waals surface area contributed by atoms with Gasteiger partial charge in [0, 0.05) is 17.7 Å². The molecule has 3 fully saturated rings. The van der Waals surface area contributed by atoms with Crippen LogP contribution in [-0.2, 0) is 49.6 Å². The van der Waals surface area contributed by atoms with Gasteiger partial charge in [-0.2, -0.15) is 0 Å². The van der Waals surface area contributed by atoms with Gasteiger partial charge in [-0.25, -0.2) is 13.2 Å². The lowest BCUT2D eigenvalue weighted by Gasteiger charge is -2.22. The molecule has 0 aliphatic carbocycles. The second-order valence-corrected chi connectivity index (χ2v) is 14.5. The predicted molar refractivity (Wildman–Crippen MR) is 163 cm³/mol. The fourth-order valence-electron chi connectivity index (χ4n) is 5.60. The average molecular weight is 653 g/mol. The molecular formula is C33H32O10S2. The lowest BCUT2D eigenvalue weighted by atomic mass is 9.88. The maximum atomic E-state index is 12.0. The molecule has 0 spiro atoms. The third kappa shape index (κ3) is 7.30. The van der Waals surface area contributed by atoms with E-state index in [1.807, 2.05) is 26.0 Å². The third-order valence-corrected chi connectivity index (χ3v) is 10.3. The number of hydrogen-bond acceptors (Lipinski definition) is 10. The van der Waals surface area contributed by atoms with Crippen molar-refractivity contribution in [1.29, 1.82) is 0 Å². The van der Waals surface area contributed by atoms with Gasteiger partial charge in [0.05, 0.1) is 22.9 Å². The van der Waals surface area contributed by atoms with E-state index in [-0.39, 0.29) is 28.8 Å². The SMILES string of the molecule is C=C(C)C(=O)Oc1c(C)cc([S+](c2ccccc2)c2ccccc2)cc1C.O=C(CS(=O)(=O)[O-])OC1C2CC3C(=O)OC1C3O2. The Bertz CT molecular complexity index is 1660. The molecule has 0 aromatic heterocycles. The van der Waals surface area contributed by atoms with Crippen molar-refractivity contribution in [1.82, 2.24) is 0 Å². The van der Waals surface area contributed by atoms with Crippen LogP contribution in [0.15, 0.2) is 99.6 Å². The molecule has 0 saturated carbocycles. The Labute approximate surface area is 264 Å². The zero-order valence-electron chi connectivity index (χ0n) is 24.8. The van der Waals surface area contributed by atoms with Gasteiger partial charge in [-0.15, -0.1) is 0 Å². The van der Waals surface area contributed by atoms with E-state index in [1.54, 1.807) is 6.92 Å². The maximum Gasteiger partial charge on any atom is 0.338 e. The average Bonchev–Trinajstić information content (AvgIpc) is 3.61. The Balaban J connectivity index is 0.000000192. The molecular weight excluding hydrogens is 620 g/mol. The molecule has 0 amide bonds. The van der Waals surface area contributed by atoms with Gasteiger partial charge < -0.3 is 23.5 Å². The van der Waals surface area contributed by atoms with E-state index >= 15 is 0 Å². The Kier molecular flexibility index (Phi) is 9.49. The highest BCUT2D eigenvalue weighted by Crippen LogP contribution is 2.47. The third-order valence-electron chi connectivity index (χ3n) is 7.52. The summed E-state index contributed by atoms with van der Waals surface area (Å²) in [6.45, 7) is 9.28. The second-order valence-electron chi connectivity index (χ2n) is 11.0. The molecule has 3 heterocycles. The molecule has 10 nitrogen and oxygen atoms in total. The van der Waals surface area contributed by atoms with Crippen molar-refractivity contribution >= 4 is 38.9 Å². The van der Waals surface area contributed by atoms with Gasteiger partial charge >= 0.3 is 17.9 Å². The number of hydrogen-bond donors (Lipinski definition) is 0. The van der Waals surface area contributed by atoms with Gasteiger partial charge in [0.2, 0.25) is 0 Å². The first kappa shape index (κ1) is 32.4. The van der Waals surface area contributed by atoms with Crippen LogP contribution in [0, 0.1) is 19.8 Å². The van der Waals surface area contributed by atoms with E-state index in [0.717, 1.165) is 11.1 Å². The number of aryl methyl sites for hydroxylation is 2. The van der Waals surface area contributed by atoms with Gasteiger partial charge in [0.25, 0.3) is 0 Å². The molecule has 3 saturated heterocycles. The molecule has 12 heteroatoms. The Morgan fingerprint density at radius 2 is 1.51 bits per heavy atom. The number of carbonyl (C=O) groups is 3. The smallest absolute Gasteiger partial charge is 0.338 e. The van der Waals surface area contributed by atoms with Crippen molar-refractivity contribution in [3.05, 3.63) is 96.1 Å². The number of benzene rings is 3. The second kappa shape index (κ2) is 13.2. The van der Waals surface area contributed by atoms with E-state index < -0.39 is 46.3 Å². The highest BCUT2D eigenvalue weighted by atomic mass is 32.2. The van der Waals surface area contributed by atoms with E-state index in [0.29, 0.717) is 17.7 Å². The van der Waals surface area contributed by atoms with Crippen molar-refractivity contribution in [2.75, 3.05) is 5.75 Å². The maximum absolute atomic E-state index is 12.0. The number of fused-ring (bicyclic) bond motifs is 1. The first-order valence-corrected chi connectivity index (χ1v) is 16.9. The monoisotopic (exact) mass is 652 g/mol. The van der Waals surface area contributed by atoms with Crippen molar-refractivity contribution in [2.45, 2.75) is 66.3 Å². The highest BCUT2D eigenvalue weighted by Gasteiger charge is 2.65. The molecule has 5 atom stereocenters. The Hall–Kier alpha value is -3.97. The fourth-order valence-corrected chi connectivity index (χ4v) is 8.22. The predicted octanol–water partition coefficient (Wildman–Crippen LogP) is 4.04. The van der Waals surface area contributed by atoms with Gasteiger partial charge in [0.1, 0.15) is 27.7 Å². The summed E-state index contributed by atoms with van der Waals surface area (Å²) in [5.41, 5.74) is 2.29. The summed E-state index contributed by atoms with van der Waals surface area (Å²) in [6.07, 6.45) is -1.99. The minimum absolute atomic E-state index is 0.223. The summed E-state index contributed by atoms with van der Waals surface area (Å²) < 4.78 is 52.1. The molecule has 3 aliphatic heterocycles. The number of esters is 3. The zero-order chi connectivity index (χ0) is 32.5. The van der Waals surface area contributed by atoms with Gasteiger partial charge in [0.15, 0.2) is 26.9 Å². The fraction of sp³-hybridized carbons (Fsp3) is 0.303. The minimum atomic E-state index is -4.68. The topological polar surface area (TPSA) is 145 Å². The van der Waals surface area contributed by atoms with Crippen LogP contribution >= 0.6 is 0 Å². The number of rotatable bonds is 8. The molecule has 3 aromatic carbocycles. The molecule has 3 aliphatic rings. The Morgan fingerprint density at radius 1 is 0.956 bits per heavy atom. The van der Waals surface area contributed by atoms with Crippen LogP contribution in [0.5, 0.6) is 5.75 Å². The lowest BCUT2D eigenvalue weighted by Crippen LogP contribution is -2.41. The van der Waals surface area contributed by atoms with Crippen molar-refractivity contribution < 1.29 is 46.3 Å². The van der Waals surface area contributed by atoms with Crippen molar-refractivity contribution in [2.24, 2.45) is 5.92 Å². The largest absolute Gasteiger partial charge is 0.748 e. The molecule has 2 bridgehead atoms. The summed E-state index contributed by atoms with van der Waals surface area (Å²) in [5, 5.41) is 0. The summed E-state index contributed by atoms with van der Waals surface area (Å²) in [5.74, 6) is -2.85. The lowest BCUT2D eigenvalue weighted by molar-refractivity contribution is -0.158. The Morgan fingerprint density at radius 3 is 2.02 bits per heavy atom. The van der Waals surface area contributed by atoms with E-state index in [1.165, 1.54) is 14.7 Å². The van der Waals surface area contributed by atoms with E-state index in [2.05, 4.69) is 67.2 Å². The van der Waals surface area contributed by atoms with Crippen LogP contribution in [0.3, 0.4) is 0 Å². The first-order valence-electron chi connectivity index (χ1n) is 14.1. The summed E-state index contributed by atoms with van der Waals surface area (Å²) in [6, 6.07) is 25.2. The van der Waals surface area contributed by atoms with Crippen LogP contribution in [0.2, 0.25) is 0 Å². The minimum Gasteiger partial charge on any atom is -0.748 e. The molecule has 0 radical (unpaired) electrons. The van der Waals surface area contributed by atoms with Crippen molar-refractivity contribution in [3.8, 4) is 5.75 Å². The standard InChI is InChI=1S/C24H23O2S.C9H10O8S/c1-17(2)24(25)26-23-18(3)15-22(16-19(23)4)27(20-11-7-5-8-12-20)21-13-9-6-10-14-21;10-5(2-18(12,13)14)16-7-4-1-3-6(15-4)8(7)17-9(3)11/h5-16H,1H2,2-4H3;3-4,6-8H,1-2H2,(H,12,13,14)/q+1;/p-1. The van der Waals surface area contributed by atoms with Gasteiger partial charge in [-0.05, 0) is 62.6 Å². The number of ether oxygens (including phenoxy) is 4. The molecule has 0 N–H and O–H groups in total. The molecule has 6 rings (SSSR count). The van der Waals surface area contributed by atoms with Crippen LogP contribution < -0.4 is 4.74 Å². The summed E-state index contributed by atoms with van der Waals surface area (Å²) in [7, 11) is -4.90. The van der Waals surface area contributed by atoms with Gasteiger partial charge in [-0.3, -0.25) is 9.59 Å². The van der Waals surface area contributed by atoms with Crippen LogP contribution in [0.1, 0.15) is 24.5 Å². The summed E-state index contributed by atoms with van der Waals surface area (Å²) >= 11 is 0. The summed E-state index contributed by atoms with van der Waals surface area (Å²) in [4.78, 5) is 38.3. The number of carbonyl (C=O) groups excluding carboxylic acids is 3.